The van der Waals surface area contributed by atoms with Crippen LogP contribution in [0.25, 0.3) is 0 Å². The highest BCUT2D eigenvalue weighted by Gasteiger charge is 2.40. The van der Waals surface area contributed by atoms with Gasteiger partial charge in [-0.15, -0.1) is 0 Å². The Hall–Kier alpha value is -0.870. The van der Waals surface area contributed by atoms with E-state index in [1.807, 2.05) is 13.8 Å². The van der Waals surface area contributed by atoms with Crippen molar-refractivity contribution in [1.82, 2.24) is 9.78 Å². The molecule has 1 atom stereocenters. The Balaban J connectivity index is 2.32. The number of carbonyl (C=O) groups excluding carboxylic acids is 1. The summed E-state index contributed by atoms with van der Waals surface area (Å²) >= 11 is 6.06. The highest BCUT2D eigenvalue weighted by Crippen LogP contribution is 2.31. The fourth-order valence-electron chi connectivity index (χ4n) is 2.18. The van der Waals surface area contributed by atoms with Crippen molar-refractivity contribution in [1.29, 1.82) is 0 Å². The molecule has 1 aliphatic heterocycles. The van der Waals surface area contributed by atoms with Crippen LogP contribution in [-0.4, -0.2) is 27.8 Å². The lowest BCUT2D eigenvalue weighted by Crippen LogP contribution is -2.36. The second kappa shape index (κ2) is 4.78. The van der Waals surface area contributed by atoms with Gasteiger partial charge in [-0.1, -0.05) is 18.5 Å². The molecular formula is C12H17ClN2O2. The van der Waals surface area contributed by atoms with E-state index < -0.39 is 5.60 Å². The first-order valence-corrected chi connectivity index (χ1v) is 6.36. The number of halogens is 1. The third-order valence-electron chi connectivity index (χ3n) is 3.14. The van der Waals surface area contributed by atoms with Gasteiger partial charge in [-0.25, -0.2) is 0 Å². The molecule has 1 fully saturated rings. The molecule has 0 saturated carbocycles. The van der Waals surface area contributed by atoms with Crippen LogP contribution >= 0.6 is 11.6 Å². The molecule has 0 aliphatic carbocycles. The van der Waals surface area contributed by atoms with Crippen molar-refractivity contribution in [3.05, 3.63) is 16.9 Å². The van der Waals surface area contributed by atoms with Crippen molar-refractivity contribution in [2.45, 2.75) is 45.3 Å². The number of hydrogen-bond donors (Lipinski definition) is 0. The molecule has 1 aliphatic rings. The largest absolute Gasteiger partial charge is 0.367 e. The number of hydrogen-bond acceptors (Lipinski definition) is 3. The molecule has 4 nitrogen and oxygen atoms in total. The van der Waals surface area contributed by atoms with Crippen molar-refractivity contribution >= 4 is 17.4 Å². The lowest BCUT2D eigenvalue weighted by atomic mass is 9.95. The molecular weight excluding hydrogens is 240 g/mol. The second-order valence-electron chi connectivity index (χ2n) is 4.58. The number of aryl methyl sites for hydroxylation is 1. The molecule has 17 heavy (non-hydrogen) atoms. The predicted molar refractivity (Wildman–Crippen MR) is 65.4 cm³/mol. The lowest BCUT2D eigenvalue weighted by Gasteiger charge is -2.21. The van der Waals surface area contributed by atoms with Crippen LogP contribution in [0, 0.1) is 0 Å². The van der Waals surface area contributed by atoms with Gasteiger partial charge in [-0.2, -0.15) is 5.10 Å². The molecule has 0 N–H and O–H groups in total. The van der Waals surface area contributed by atoms with Gasteiger partial charge in [-0.05, 0) is 26.2 Å². The molecule has 0 amide bonds. The number of ether oxygens (including phenoxy) is 1. The van der Waals surface area contributed by atoms with Crippen LogP contribution in [0.4, 0.5) is 0 Å². The van der Waals surface area contributed by atoms with Gasteiger partial charge < -0.3 is 4.74 Å². The van der Waals surface area contributed by atoms with Crippen LogP contribution < -0.4 is 0 Å². The lowest BCUT2D eigenvalue weighted by molar-refractivity contribution is 0.0204. The second-order valence-corrected chi connectivity index (χ2v) is 4.98. The number of aromatic nitrogens is 2. The van der Waals surface area contributed by atoms with Crippen molar-refractivity contribution in [3.8, 4) is 0 Å². The first-order valence-electron chi connectivity index (χ1n) is 5.98. The van der Waals surface area contributed by atoms with Crippen LogP contribution in [0.3, 0.4) is 0 Å². The Bertz CT molecular complexity index is 422. The highest BCUT2D eigenvalue weighted by molar-refractivity contribution is 6.34. The fraction of sp³-hybridized carbons (Fsp3) is 0.667. The molecule has 1 unspecified atom stereocenters. The molecule has 5 heteroatoms. The SMILES string of the molecule is CCCn1ncc(Cl)c1C(=O)C1(C)CCCO1. The van der Waals surface area contributed by atoms with Gasteiger partial charge in [0, 0.05) is 13.2 Å². The van der Waals surface area contributed by atoms with E-state index in [-0.39, 0.29) is 5.78 Å². The summed E-state index contributed by atoms with van der Waals surface area (Å²) < 4.78 is 7.24. The molecule has 1 aromatic heterocycles. The van der Waals surface area contributed by atoms with Gasteiger partial charge >= 0.3 is 0 Å². The maximum atomic E-state index is 12.5. The number of nitrogens with zero attached hydrogens (tertiary/aromatic N) is 2. The Labute approximate surface area is 106 Å². The minimum atomic E-state index is -0.727. The third-order valence-corrected chi connectivity index (χ3v) is 3.42. The van der Waals surface area contributed by atoms with Crippen LogP contribution in [0.2, 0.25) is 5.02 Å². The van der Waals surface area contributed by atoms with Crippen molar-refractivity contribution in [2.24, 2.45) is 0 Å². The van der Waals surface area contributed by atoms with E-state index in [9.17, 15) is 4.79 Å². The monoisotopic (exact) mass is 256 g/mol. The summed E-state index contributed by atoms with van der Waals surface area (Å²) in [5.41, 5.74) is -0.243. The zero-order valence-electron chi connectivity index (χ0n) is 10.2. The molecule has 2 rings (SSSR count). The summed E-state index contributed by atoms with van der Waals surface area (Å²) in [5.74, 6) is -0.0500. The summed E-state index contributed by atoms with van der Waals surface area (Å²) in [7, 11) is 0. The van der Waals surface area contributed by atoms with Crippen LogP contribution in [0.5, 0.6) is 0 Å². The van der Waals surface area contributed by atoms with Crippen molar-refractivity contribution in [3.63, 3.8) is 0 Å². The number of ketones is 1. The average Bonchev–Trinajstić information content (AvgIpc) is 2.87. The van der Waals surface area contributed by atoms with E-state index in [1.165, 1.54) is 6.20 Å². The Morgan fingerprint density at radius 2 is 2.47 bits per heavy atom. The molecule has 0 aromatic carbocycles. The van der Waals surface area contributed by atoms with E-state index in [0.717, 1.165) is 19.3 Å². The summed E-state index contributed by atoms with van der Waals surface area (Å²) in [6.07, 6.45) is 4.11. The topological polar surface area (TPSA) is 44.1 Å². The van der Waals surface area contributed by atoms with E-state index >= 15 is 0 Å². The Morgan fingerprint density at radius 1 is 1.71 bits per heavy atom. The van der Waals surface area contributed by atoms with Gasteiger partial charge in [0.2, 0.25) is 5.78 Å². The molecule has 0 bridgehead atoms. The molecule has 2 heterocycles. The van der Waals surface area contributed by atoms with Gasteiger partial charge in [0.15, 0.2) is 0 Å². The first-order chi connectivity index (χ1) is 8.08. The van der Waals surface area contributed by atoms with Gasteiger partial charge in [-0.3, -0.25) is 9.48 Å². The molecule has 94 valence electrons. The summed E-state index contributed by atoms with van der Waals surface area (Å²) in [6.45, 7) is 5.21. The minimum Gasteiger partial charge on any atom is -0.367 e. The third kappa shape index (κ3) is 2.24. The van der Waals surface area contributed by atoms with Crippen LogP contribution in [-0.2, 0) is 11.3 Å². The van der Waals surface area contributed by atoms with Gasteiger partial charge in [0.05, 0.1) is 11.2 Å². The fourth-order valence-corrected chi connectivity index (χ4v) is 2.41. The zero-order valence-corrected chi connectivity index (χ0v) is 11.0. The van der Waals surface area contributed by atoms with Gasteiger partial charge in [0.25, 0.3) is 0 Å². The van der Waals surface area contributed by atoms with E-state index in [4.69, 9.17) is 16.3 Å². The molecule has 1 aromatic rings. The maximum Gasteiger partial charge on any atom is 0.213 e. The smallest absolute Gasteiger partial charge is 0.213 e. The Morgan fingerprint density at radius 3 is 3.06 bits per heavy atom. The van der Waals surface area contributed by atoms with Crippen LogP contribution in [0.15, 0.2) is 6.20 Å². The van der Waals surface area contributed by atoms with E-state index in [2.05, 4.69) is 5.10 Å². The van der Waals surface area contributed by atoms with Gasteiger partial charge in [0.1, 0.15) is 11.3 Å². The molecule has 1 saturated heterocycles. The molecule has 0 spiro atoms. The average molecular weight is 257 g/mol. The quantitative estimate of drug-likeness (QED) is 0.778. The zero-order chi connectivity index (χ0) is 12.5. The number of Topliss-reactive ketones (excluding diaryl/α,β-unsaturated/α-hetero) is 1. The minimum absolute atomic E-state index is 0.0500. The first kappa shape index (κ1) is 12.6. The normalized spacial score (nSPS) is 24.2. The van der Waals surface area contributed by atoms with E-state index in [0.29, 0.717) is 23.9 Å². The predicted octanol–water partition coefficient (Wildman–Crippen LogP) is 2.70. The summed E-state index contributed by atoms with van der Waals surface area (Å²) in [5, 5.41) is 4.55. The Kier molecular flexibility index (Phi) is 3.54. The summed E-state index contributed by atoms with van der Waals surface area (Å²) in [6, 6.07) is 0. The van der Waals surface area contributed by atoms with Crippen LogP contribution in [0.1, 0.15) is 43.6 Å². The van der Waals surface area contributed by atoms with Crippen molar-refractivity contribution < 1.29 is 9.53 Å². The number of rotatable bonds is 4. The highest BCUT2D eigenvalue weighted by atomic mass is 35.5. The summed E-state index contributed by atoms with van der Waals surface area (Å²) in [4.78, 5) is 12.5. The van der Waals surface area contributed by atoms with Crippen molar-refractivity contribution in [2.75, 3.05) is 6.61 Å². The molecule has 0 radical (unpaired) electrons. The standard InChI is InChI=1S/C12H17ClN2O2/c1-3-6-15-10(9(13)8-14-15)11(16)12(2)5-4-7-17-12/h8H,3-7H2,1-2H3. The number of carbonyl (C=O) groups is 1. The maximum absolute atomic E-state index is 12.5. The van der Waals surface area contributed by atoms with E-state index in [1.54, 1.807) is 4.68 Å².